The molecule has 2 aromatic rings. The van der Waals surface area contributed by atoms with Crippen molar-refractivity contribution in [3.8, 4) is 0 Å². The van der Waals surface area contributed by atoms with E-state index in [-0.39, 0.29) is 11.8 Å². The van der Waals surface area contributed by atoms with Crippen LogP contribution in [0.4, 0.5) is 11.4 Å². The van der Waals surface area contributed by atoms with Gasteiger partial charge in [-0.2, -0.15) is 0 Å². The summed E-state index contributed by atoms with van der Waals surface area (Å²) < 4.78 is 0. The zero-order valence-corrected chi connectivity index (χ0v) is 15.5. The minimum atomic E-state index is -0.182. The molecule has 0 spiro atoms. The van der Waals surface area contributed by atoms with E-state index >= 15 is 0 Å². The molecule has 2 N–H and O–H groups in total. The molecule has 2 amide bonds. The minimum Gasteiger partial charge on any atom is -0.370 e. The van der Waals surface area contributed by atoms with Crippen molar-refractivity contribution in [1.29, 1.82) is 0 Å². The molecular weight excluding hydrogens is 350 g/mol. The van der Waals surface area contributed by atoms with Gasteiger partial charge in [-0.25, -0.2) is 0 Å². The number of carbonyl (C=O) groups is 2. The third kappa shape index (κ3) is 4.55. The summed E-state index contributed by atoms with van der Waals surface area (Å²) in [7, 11) is 0. The zero-order valence-electron chi connectivity index (χ0n) is 14.7. The molecule has 1 saturated heterocycles. The quantitative estimate of drug-likeness (QED) is 0.839. The van der Waals surface area contributed by atoms with Gasteiger partial charge in [-0.15, -0.1) is 0 Å². The summed E-state index contributed by atoms with van der Waals surface area (Å²) in [5.74, 6) is -0.263. The molecule has 0 unspecified atom stereocenters. The maximum atomic E-state index is 12.6. The van der Waals surface area contributed by atoms with Crippen LogP contribution in [0.2, 0.25) is 5.02 Å². The Labute approximate surface area is 158 Å². The highest BCUT2D eigenvalue weighted by Gasteiger charge is 2.17. The van der Waals surface area contributed by atoms with Crippen LogP contribution in [-0.4, -0.2) is 24.9 Å². The van der Waals surface area contributed by atoms with Crippen molar-refractivity contribution in [3.63, 3.8) is 0 Å². The lowest BCUT2D eigenvalue weighted by molar-refractivity contribution is -0.119. The summed E-state index contributed by atoms with van der Waals surface area (Å²) >= 11 is 6.13. The number of hydrogen-bond donors (Lipinski definition) is 2. The molecule has 0 atom stereocenters. The van der Waals surface area contributed by atoms with Gasteiger partial charge in [0, 0.05) is 37.1 Å². The lowest BCUT2D eigenvalue weighted by atomic mass is 10.1. The van der Waals surface area contributed by atoms with Crippen molar-refractivity contribution in [2.45, 2.75) is 26.3 Å². The average molecular weight is 372 g/mol. The van der Waals surface area contributed by atoms with Crippen molar-refractivity contribution in [2.75, 3.05) is 23.3 Å². The van der Waals surface area contributed by atoms with Crippen LogP contribution in [0.15, 0.2) is 42.5 Å². The standard InChI is InChI=1S/C20H22ClN3O2/c1-14(25)22-13-15-4-6-16(7-5-15)20(26)23-18-12-17(21)8-9-19(18)24-10-2-3-11-24/h4-9,12H,2-3,10-11,13H2,1H3,(H,22,25)(H,23,26). The van der Waals surface area contributed by atoms with Crippen LogP contribution >= 0.6 is 11.6 Å². The first kappa shape index (κ1) is 18.3. The fourth-order valence-electron chi connectivity index (χ4n) is 3.04. The molecule has 1 heterocycles. The Hall–Kier alpha value is -2.53. The number of benzene rings is 2. The van der Waals surface area contributed by atoms with E-state index in [0.717, 1.165) is 42.9 Å². The van der Waals surface area contributed by atoms with E-state index in [9.17, 15) is 9.59 Å². The van der Waals surface area contributed by atoms with Crippen molar-refractivity contribution in [2.24, 2.45) is 0 Å². The molecule has 2 aromatic carbocycles. The van der Waals surface area contributed by atoms with E-state index in [2.05, 4.69) is 15.5 Å². The van der Waals surface area contributed by atoms with Crippen LogP contribution in [0.1, 0.15) is 35.7 Å². The molecule has 0 radical (unpaired) electrons. The number of carbonyl (C=O) groups excluding carboxylic acids is 2. The number of halogens is 1. The molecule has 0 aromatic heterocycles. The summed E-state index contributed by atoms with van der Waals surface area (Å²) in [5, 5.41) is 6.31. The Morgan fingerprint density at radius 3 is 2.42 bits per heavy atom. The fraction of sp³-hybridized carbons (Fsp3) is 0.300. The van der Waals surface area contributed by atoms with Crippen LogP contribution in [0.25, 0.3) is 0 Å². The van der Waals surface area contributed by atoms with E-state index in [1.165, 1.54) is 6.92 Å². The second kappa shape index (κ2) is 8.23. The highest BCUT2D eigenvalue weighted by atomic mass is 35.5. The van der Waals surface area contributed by atoms with Crippen LogP contribution < -0.4 is 15.5 Å². The van der Waals surface area contributed by atoms with Gasteiger partial charge >= 0.3 is 0 Å². The average Bonchev–Trinajstić information content (AvgIpc) is 3.15. The molecule has 6 heteroatoms. The largest absolute Gasteiger partial charge is 0.370 e. The van der Waals surface area contributed by atoms with Crippen molar-refractivity contribution >= 4 is 34.8 Å². The number of hydrogen-bond acceptors (Lipinski definition) is 3. The molecule has 3 rings (SSSR count). The summed E-state index contributed by atoms with van der Waals surface area (Å²) in [6, 6.07) is 12.8. The van der Waals surface area contributed by atoms with Gasteiger partial charge < -0.3 is 15.5 Å². The highest BCUT2D eigenvalue weighted by Crippen LogP contribution is 2.31. The van der Waals surface area contributed by atoms with Crippen LogP contribution in [0, 0.1) is 0 Å². The minimum absolute atomic E-state index is 0.0813. The van der Waals surface area contributed by atoms with Crippen molar-refractivity contribution in [3.05, 3.63) is 58.6 Å². The van der Waals surface area contributed by atoms with Crippen LogP contribution in [0.5, 0.6) is 0 Å². The second-order valence-corrected chi connectivity index (χ2v) is 6.85. The van der Waals surface area contributed by atoms with Crippen molar-refractivity contribution < 1.29 is 9.59 Å². The number of anilines is 2. The molecule has 136 valence electrons. The first-order chi connectivity index (χ1) is 12.5. The van der Waals surface area contributed by atoms with Crippen molar-refractivity contribution in [1.82, 2.24) is 5.32 Å². The monoisotopic (exact) mass is 371 g/mol. The molecule has 0 aliphatic carbocycles. The van der Waals surface area contributed by atoms with Gasteiger partial charge in [0.25, 0.3) is 5.91 Å². The first-order valence-electron chi connectivity index (χ1n) is 8.72. The Bertz CT molecular complexity index is 799. The molecule has 1 fully saturated rings. The predicted octanol–water partition coefficient (Wildman–Crippen LogP) is 3.83. The van der Waals surface area contributed by atoms with Gasteiger partial charge in [-0.1, -0.05) is 23.7 Å². The van der Waals surface area contributed by atoms with Gasteiger partial charge in [0.2, 0.25) is 5.91 Å². The van der Waals surface area contributed by atoms with Gasteiger partial charge in [-0.05, 0) is 48.7 Å². The number of amides is 2. The molecule has 1 aliphatic rings. The SMILES string of the molecule is CC(=O)NCc1ccc(C(=O)Nc2cc(Cl)ccc2N2CCCC2)cc1. The Balaban J connectivity index is 1.73. The number of nitrogens with one attached hydrogen (secondary N) is 2. The summed E-state index contributed by atoms with van der Waals surface area (Å²) in [5.41, 5.74) is 3.23. The maximum absolute atomic E-state index is 12.6. The van der Waals surface area contributed by atoms with E-state index in [1.54, 1.807) is 18.2 Å². The number of nitrogens with zero attached hydrogens (tertiary/aromatic N) is 1. The van der Waals surface area contributed by atoms with Crippen LogP contribution in [-0.2, 0) is 11.3 Å². The van der Waals surface area contributed by atoms with E-state index in [0.29, 0.717) is 17.1 Å². The normalized spacial score (nSPS) is 13.5. The third-order valence-electron chi connectivity index (χ3n) is 4.41. The summed E-state index contributed by atoms with van der Waals surface area (Å²) in [6.45, 7) is 3.90. The van der Waals surface area contributed by atoms with Gasteiger partial charge in [0.15, 0.2) is 0 Å². The summed E-state index contributed by atoms with van der Waals surface area (Å²) in [4.78, 5) is 25.9. The third-order valence-corrected chi connectivity index (χ3v) is 4.65. The van der Waals surface area contributed by atoms with Gasteiger partial charge in [0.1, 0.15) is 0 Å². The molecule has 0 bridgehead atoms. The fourth-order valence-corrected chi connectivity index (χ4v) is 3.21. The Morgan fingerprint density at radius 2 is 1.77 bits per heavy atom. The molecule has 1 aliphatic heterocycles. The lowest BCUT2D eigenvalue weighted by Gasteiger charge is -2.22. The topological polar surface area (TPSA) is 61.4 Å². The second-order valence-electron chi connectivity index (χ2n) is 6.42. The highest BCUT2D eigenvalue weighted by molar-refractivity contribution is 6.31. The zero-order chi connectivity index (χ0) is 18.5. The molecule has 0 saturated carbocycles. The molecule has 26 heavy (non-hydrogen) atoms. The lowest BCUT2D eigenvalue weighted by Crippen LogP contribution is -2.21. The number of rotatable bonds is 5. The first-order valence-corrected chi connectivity index (χ1v) is 9.10. The Morgan fingerprint density at radius 1 is 1.08 bits per heavy atom. The molecular formula is C20H22ClN3O2. The van der Waals surface area contributed by atoms with E-state index < -0.39 is 0 Å². The van der Waals surface area contributed by atoms with E-state index in [4.69, 9.17) is 11.6 Å². The maximum Gasteiger partial charge on any atom is 0.255 e. The predicted molar refractivity (Wildman–Crippen MR) is 105 cm³/mol. The van der Waals surface area contributed by atoms with E-state index in [1.807, 2.05) is 24.3 Å². The smallest absolute Gasteiger partial charge is 0.255 e. The van der Waals surface area contributed by atoms with Crippen LogP contribution in [0.3, 0.4) is 0 Å². The van der Waals surface area contributed by atoms with Gasteiger partial charge in [0.05, 0.1) is 11.4 Å². The van der Waals surface area contributed by atoms with Gasteiger partial charge in [-0.3, -0.25) is 9.59 Å². The molecule has 5 nitrogen and oxygen atoms in total. The Kier molecular flexibility index (Phi) is 5.78. The summed E-state index contributed by atoms with van der Waals surface area (Å²) in [6.07, 6.45) is 2.32.